The fraction of sp³-hybridized carbons (Fsp3) is 0.0811. The third-order valence-electron chi connectivity index (χ3n) is 8.89. The molecule has 0 unspecified atom stereocenters. The van der Waals surface area contributed by atoms with E-state index in [2.05, 4.69) is 123 Å². The summed E-state index contributed by atoms with van der Waals surface area (Å²) in [5.41, 5.74) is 8.20. The molecule has 8 aromatic rings. The lowest BCUT2D eigenvalue weighted by Crippen LogP contribution is -2.14. The molecule has 0 atom stereocenters. The van der Waals surface area contributed by atoms with Crippen molar-refractivity contribution in [1.29, 1.82) is 0 Å². The van der Waals surface area contributed by atoms with E-state index < -0.39 is 0 Å². The molecule has 0 N–H and O–H groups in total. The van der Waals surface area contributed by atoms with Gasteiger partial charge in [-0.1, -0.05) is 92.7 Å². The molecule has 2 heteroatoms. The van der Waals surface area contributed by atoms with E-state index in [4.69, 9.17) is 0 Å². The van der Waals surface area contributed by atoms with Crippen LogP contribution in [0.5, 0.6) is 0 Å². The zero-order valence-corrected chi connectivity index (χ0v) is 23.3. The highest BCUT2D eigenvalue weighted by Crippen LogP contribution is 2.50. The average Bonchev–Trinajstić information content (AvgIpc) is 3.61. The van der Waals surface area contributed by atoms with Gasteiger partial charge in [0.1, 0.15) is 0 Å². The second kappa shape index (κ2) is 7.57. The summed E-state index contributed by atoms with van der Waals surface area (Å²) in [5.74, 6) is 0. The summed E-state index contributed by atoms with van der Waals surface area (Å²) in [6.07, 6.45) is 0. The van der Waals surface area contributed by atoms with Crippen LogP contribution >= 0.6 is 22.7 Å². The van der Waals surface area contributed by atoms with Crippen LogP contribution in [0.15, 0.2) is 109 Å². The Hall–Kier alpha value is -3.98. The third kappa shape index (κ3) is 2.88. The van der Waals surface area contributed by atoms with Crippen LogP contribution in [0.4, 0.5) is 0 Å². The SMILES string of the molecule is CC1(C)c2ccccc2-c2ccc(-c3ccc4sc5c(ccc6c5ccc5sc7ccccc7c56)c4c3)cc21. The van der Waals surface area contributed by atoms with E-state index in [1.54, 1.807) is 0 Å². The Kier molecular flexibility index (Phi) is 4.25. The van der Waals surface area contributed by atoms with Gasteiger partial charge >= 0.3 is 0 Å². The normalized spacial score (nSPS) is 14.1. The maximum atomic E-state index is 2.43. The molecule has 9 rings (SSSR count). The quantitative estimate of drug-likeness (QED) is 0.197. The Morgan fingerprint density at radius 1 is 0.462 bits per heavy atom. The maximum absolute atomic E-state index is 2.43. The van der Waals surface area contributed by atoms with Crippen molar-refractivity contribution in [3.63, 3.8) is 0 Å². The molecule has 0 aliphatic heterocycles. The van der Waals surface area contributed by atoms with Gasteiger partial charge in [0.25, 0.3) is 0 Å². The lowest BCUT2D eigenvalue weighted by molar-refractivity contribution is 0.660. The fourth-order valence-electron chi connectivity index (χ4n) is 6.93. The summed E-state index contributed by atoms with van der Waals surface area (Å²) in [6.45, 7) is 4.71. The molecule has 0 spiro atoms. The minimum absolute atomic E-state index is 0.0111. The Morgan fingerprint density at radius 3 is 2.08 bits per heavy atom. The molecule has 2 aromatic heterocycles. The molecule has 0 amide bonds. The van der Waals surface area contributed by atoms with Crippen LogP contribution < -0.4 is 0 Å². The first-order valence-corrected chi connectivity index (χ1v) is 15.2. The zero-order chi connectivity index (χ0) is 25.9. The van der Waals surface area contributed by atoms with E-state index in [1.165, 1.54) is 84.5 Å². The molecule has 0 bridgehead atoms. The number of benzene rings is 6. The lowest BCUT2D eigenvalue weighted by Gasteiger charge is -2.22. The molecular weight excluding hydrogens is 509 g/mol. The van der Waals surface area contributed by atoms with Gasteiger partial charge in [0.05, 0.1) is 0 Å². The van der Waals surface area contributed by atoms with Crippen LogP contribution in [-0.2, 0) is 5.41 Å². The Labute approximate surface area is 234 Å². The predicted octanol–water partition coefficient (Wildman–Crippen LogP) is 11.5. The zero-order valence-electron chi connectivity index (χ0n) is 21.7. The highest BCUT2D eigenvalue weighted by atomic mass is 32.1. The average molecular weight is 533 g/mol. The first kappa shape index (κ1) is 21.9. The number of hydrogen-bond donors (Lipinski definition) is 0. The minimum Gasteiger partial charge on any atom is -0.135 e. The van der Waals surface area contributed by atoms with Crippen molar-refractivity contribution in [2.45, 2.75) is 19.3 Å². The molecule has 1 aliphatic rings. The number of rotatable bonds is 1. The van der Waals surface area contributed by atoms with Crippen LogP contribution in [0.25, 0.3) is 73.4 Å². The van der Waals surface area contributed by atoms with Crippen molar-refractivity contribution in [1.82, 2.24) is 0 Å². The molecule has 0 radical (unpaired) electrons. The molecule has 2 heterocycles. The van der Waals surface area contributed by atoms with Gasteiger partial charge in [-0.15, -0.1) is 22.7 Å². The number of fused-ring (bicyclic) bond motifs is 12. The van der Waals surface area contributed by atoms with Gasteiger partial charge < -0.3 is 0 Å². The van der Waals surface area contributed by atoms with Gasteiger partial charge in [0, 0.05) is 51.1 Å². The molecule has 6 aromatic carbocycles. The van der Waals surface area contributed by atoms with Crippen molar-refractivity contribution >= 4 is 73.8 Å². The standard InChI is InChI=1S/C37H24S2/c1-37(2)30-9-5-3-7-23(30)24-13-11-22(20-31(24)37)21-12-17-33-29(19-21)27-15-14-25-26(36(27)39-33)16-18-34-35(25)28-8-4-6-10-32(28)38-34/h3-20H,1-2H3. The summed E-state index contributed by atoms with van der Waals surface area (Å²) in [4.78, 5) is 0. The van der Waals surface area contributed by atoms with E-state index in [-0.39, 0.29) is 5.41 Å². The van der Waals surface area contributed by atoms with Crippen LogP contribution in [0.1, 0.15) is 25.0 Å². The summed E-state index contributed by atoms with van der Waals surface area (Å²) >= 11 is 3.82. The van der Waals surface area contributed by atoms with Crippen LogP contribution in [0.2, 0.25) is 0 Å². The summed E-state index contributed by atoms with van der Waals surface area (Å²) in [7, 11) is 0. The van der Waals surface area contributed by atoms with Crippen LogP contribution in [0.3, 0.4) is 0 Å². The molecule has 184 valence electrons. The Bertz CT molecular complexity index is 2310. The molecular formula is C37H24S2. The van der Waals surface area contributed by atoms with E-state index in [0.29, 0.717) is 0 Å². The number of thiophene rings is 2. The summed E-state index contributed by atoms with van der Waals surface area (Å²) < 4.78 is 5.47. The summed E-state index contributed by atoms with van der Waals surface area (Å²) in [5, 5.41) is 8.21. The lowest BCUT2D eigenvalue weighted by atomic mass is 9.81. The largest absolute Gasteiger partial charge is 0.135 e. The smallest absolute Gasteiger partial charge is 0.0434 e. The van der Waals surface area contributed by atoms with E-state index >= 15 is 0 Å². The Morgan fingerprint density at radius 2 is 1.13 bits per heavy atom. The molecule has 1 aliphatic carbocycles. The van der Waals surface area contributed by atoms with Crippen molar-refractivity contribution < 1.29 is 0 Å². The van der Waals surface area contributed by atoms with Crippen molar-refractivity contribution in [3.05, 3.63) is 120 Å². The molecule has 0 saturated heterocycles. The van der Waals surface area contributed by atoms with Gasteiger partial charge in [-0.25, -0.2) is 0 Å². The number of hydrogen-bond acceptors (Lipinski definition) is 2. The van der Waals surface area contributed by atoms with Crippen LogP contribution in [0, 0.1) is 0 Å². The molecule has 0 saturated carbocycles. The van der Waals surface area contributed by atoms with Gasteiger partial charge in [-0.3, -0.25) is 0 Å². The van der Waals surface area contributed by atoms with Gasteiger partial charge in [0.15, 0.2) is 0 Å². The molecule has 39 heavy (non-hydrogen) atoms. The molecule has 0 nitrogen and oxygen atoms in total. The van der Waals surface area contributed by atoms with E-state index in [0.717, 1.165) is 0 Å². The summed E-state index contributed by atoms with van der Waals surface area (Å²) in [6, 6.07) is 41.2. The second-order valence-electron chi connectivity index (χ2n) is 11.3. The monoisotopic (exact) mass is 532 g/mol. The maximum Gasteiger partial charge on any atom is 0.0434 e. The minimum atomic E-state index is 0.0111. The van der Waals surface area contributed by atoms with Crippen molar-refractivity contribution in [2.75, 3.05) is 0 Å². The second-order valence-corrected chi connectivity index (χ2v) is 13.5. The van der Waals surface area contributed by atoms with Gasteiger partial charge in [0.2, 0.25) is 0 Å². The fourth-order valence-corrected chi connectivity index (χ4v) is 9.26. The highest BCUT2D eigenvalue weighted by molar-refractivity contribution is 7.27. The van der Waals surface area contributed by atoms with Gasteiger partial charge in [-0.2, -0.15) is 0 Å². The molecule has 0 fully saturated rings. The predicted molar refractivity (Wildman–Crippen MR) is 173 cm³/mol. The van der Waals surface area contributed by atoms with Crippen molar-refractivity contribution in [2.24, 2.45) is 0 Å². The Balaban J connectivity index is 1.24. The topological polar surface area (TPSA) is 0 Å². The van der Waals surface area contributed by atoms with E-state index in [9.17, 15) is 0 Å². The first-order chi connectivity index (χ1) is 19.1. The van der Waals surface area contributed by atoms with Crippen LogP contribution in [-0.4, -0.2) is 0 Å². The van der Waals surface area contributed by atoms with E-state index in [1.807, 2.05) is 22.7 Å². The highest BCUT2D eigenvalue weighted by Gasteiger charge is 2.35. The van der Waals surface area contributed by atoms with Gasteiger partial charge in [-0.05, 0) is 69.1 Å². The first-order valence-electron chi connectivity index (χ1n) is 13.5. The third-order valence-corrected chi connectivity index (χ3v) is 11.2. The van der Waals surface area contributed by atoms with Crippen molar-refractivity contribution in [3.8, 4) is 22.3 Å².